The minimum absolute atomic E-state index is 0.0332. The molecule has 0 aromatic rings. The van der Waals surface area contributed by atoms with Crippen molar-refractivity contribution >= 4 is 5.91 Å². The van der Waals surface area contributed by atoms with Crippen molar-refractivity contribution in [2.75, 3.05) is 28.4 Å². The summed E-state index contributed by atoms with van der Waals surface area (Å²) >= 11 is 0. The number of ether oxygens (including phenoxy) is 3. The summed E-state index contributed by atoms with van der Waals surface area (Å²) in [5, 5.41) is 10.8. The number of amides is 1. The number of aliphatic hydroxyl groups excluding tert-OH is 1. The van der Waals surface area contributed by atoms with Crippen molar-refractivity contribution in [3.05, 3.63) is 59.8 Å². The number of hydrogen-bond donors (Lipinski definition) is 1. The van der Waals surface area contributed by atoms with Crippen LogP contribution in [0.25, 0.3) is 0 Å². The van der Waals surface area contributed by atoms with Crippen LogP contribution in [0.3, 0.4) is 0 Å². The van der Waals surface area contributed by atoms with Gasteiger partial charge in [0.15, 0.2) is 11.5 Å². The van der Waals surface area contributed by atoms with Gasteiger partial charge in [0.05, 0.1) is 33.5 Å². The molecule has 1 amide bonds. The Bertz CT molecular complexity index is 790. The average molecular weight is 446 g/mol. The minimum Gasteiger partial charge on any atom is -0.497 e. The first-order valence-corrected chi connectivity index (χ1v) is 11.3. The summed E-state index contributed by atoms with van der Waals surface area (Å²) < 4.78 is 16.6. The molecule has 0 saturated heterocycles. The van der Waals surface area contributed by atoms with Crippen LogP contribution in [-0.4, -0.2) is 56.4 Å². The molecule has 0 aliphatic heterocycles. The Balaban J connectivity index is 2.25. The van der Waals surface area contributed by atoms with Gasteiger partial charge in [-0.05, 0) is 43.8 Å². The highest BCUT2D eigenvalue weighted by Crippen LogP contribution is 2.42. The Kier molecular flexibility index (Phi) is 9.63. The van der Waals surface area contributed by atoms with Gasteiger partial charge in [-0.1, -0.05) is 43.7 Å². The molecule has 4 unspecified atom stereocenters. The highest BCUT2D eigenvalue weighted by Gasteiger charge is 2.40. The number of likely N-dealkylation sites (N-methyl/N-ethyl adjacent to an activating group) is 1. The van der Waals surface area contributed by atoms with Gasteiger partial charge in [0, 0.05) is 19.4 Å². The molecule has 1 N–H and O–H groups in total. The molecular formula is C26H39NO5. The molecule has 2 aliphatic carbocycles. The summed E-state index contributed by atoms with van der Waals surface area (Å²) in [6, 6.07) is -0.362. The molecule has 6 heteroatoms. The largest absolute Gasteiger partial charge is 0.497 e. The third kappa shape index (κ3) is 6.28. The fourth-order valence-electron chi connectivity index (χ4n) is 4.19. The van der Waals surface area contributed by atoms with Gasteiger partial charge >= 0.3 is 0 Å². The number of hydrogen-bond acceptors (Lipinski definition) is 5. The second kappa shape index (κ2) is 12.0. The number of allylic oxidation sites excluding steroid dienone is 6. The van der Waals surface area contributed by atoms with Gasteiger partial charge in [0.1, 0.15) is 5.76 Å². The molecule has 0 aromatic carbocycles. The van der Waals surface area contributed by atoms with E-state index in [0.717, 1.165) is 24.8 Å². The van der Waals surface area contributed by atoms with E-state index >= 15 is 0 Å². The van der Waals surface area contributed by atoms with Gasteiger partial charge in [-0.15, -0.1) is 0 Å². The van der Waals surface area contributed by atoms with Crippen molar-refractivity contribution in [1.29, 1.82) is 0 Å². The van der Waals surface area contributed by atoms with E-state index in [1.165, 1.54) is 0 Å². The number of nitrogens with zero attached hydrogens (tertiary/aromatic N) is 1. The zero-order chi connectivity index (χ0) is 23.8. The molecule has 4 atom stereocenters. The van der Waals surface area contributed by atoms with Crippen molar-refractivity contribution in [1.82, 2.24) is 4.90 Å². The zero-order valence-electron chi connectivity index (χ0n) is 20.3. The lowest BCUT2D eigenvalue weighted by Crippen LogP contribution is -2.47. The molecule has 2 aliphatic rings. The molecule has 1 saturated carbocycles. The Morgan fingerprint density at radius 3 is 2.47 bits per heavy atom. The molecule has 2 rings (SSSR count). The number of aliphatic hydroxyl groups is 1. The van der Waals surface area contributed by atoms with Gasteiger partial charge < -0.3 is 24.2 Å². The predicted molar refractivity (Wildman–Crippen MR) is 126 cm³/mol. The lowest BCUT2D eigenvalue weighted by atomic mass is 9.80. The van der Waals surface area contributed by atoms with Crippen LogP contribution < -0.4 is 0 Å². The smallest absolute Gasteiger partial charge is 0.226 e. The lowest BCUT2D eigenvalue weighted by molar-refractivity contribution is -0.139. The summed E-state index contributed by atoms with van der Waals surface area (Å²) in [6.07, 6.45) is 12.1. The second-order valence-electron chi connectivity index (χ2n) is 8.72. The first-order valence-electron chi connectivity index (χ1n) is 11.3. The molecular weight excluding hydrogens is 406 g/mol. The van der Waals surface area contributed by atoms with Crippen molar-refractivity contribution < 1.29 is 24.1 Å². The maximum Gasteiger partial charge on any atom is 0.226 e. The van der Waals surface area contributed by atoms with E-state index in [-0.39, 0.29) is 23.8 Å². The first-order chi connectivity index (χ1) is 15.3. The normalized spacial score (nSPS) is 22.2. The van der Waals surface area contributed by atoms with E-state index < -0.39 is 6.10 Å². The van der Waals surface area contributed by atoms with E-state index in [4.69, 9.17) is 14.2 Å². The Hall–Kier alpha value is -2.47. The summed E-state index contributed by atoms with van der Waals surface area (Å²) in [5.74, 6) is 2.18. The monoisotopic (exact) mass is 445 g/mol. The SMILES string of the molecule is C=CC=CC=C(C)C(O)C(C)N(C)C(=O)C(CC1CC1)C1C=C(OC)C(OC)=C(OC)C1. The van der Waals surface area contributed by atoms with Gasteiger partial charge in [-0.25, -0.2) is 0 Å². The van der Waals surface area contributed by atoms with Crippen LogP contribution in [0.15, 0.2) is 59.8 Å². The number of methoxy groups -OCH3 is 3. The number of carbonyl (C=O) groups is 1. The lowest BCUT2D eigenvalue weighted by Gasteiger charge is -2.36. The minimum atomic E-state index is -0.758. The van der Waals surface area contributed by atoms with Crippen molar-refractivity contribution in [2.24, 2.45) is 17.8 Å². The molecule has 0 radical (unpaired) electrons. The Morgan fingerprint density at radius 1 is 1.25 bits per heavy atom. The zero-order valence-corrected chi connectivity index (χ0v) is 20.3. The fourth-order valence-corrected chi connectivity index (χ4v) is 4.19. The van der Waals surface area contributed by atoms with E-state index in [1.54, 1.807) is 45.4 Å². The van der Waals surface area contributed by atoms with E-state index in [2.05, 4.69) is 6.58 Å². The Morgan fingerprint density at radius 2 is 1.94 bits per heavy atom. The number of carbonyl (C=O) groups excluding carboxylic acids is 1. The van der Waals surface area contributed by atoms with Crippen molar-refractivity contribution in [2.45, 2.75) is 51.7 Å². The highest BCUT2D eigenvalue weighted by atomic mass is 16.5. The first kappa shape index (κ1) is 25.8. The average Bonchev–Trinajstić information content (AvgIpc) is 3.63. The molecule has 0 heterocycles. The van der Waals surface area contributed by atoms with Crippen LogP contribution in [0.5, 0.6) is 0 Å². The molecule has 6 nitrogen and oxygen atoms in total. The second-order valence-corrected chi connectivity index (χ2v) is 8.72. The molecule has 178 valence electrons. The highest BCUT2D eigenvalue weighted by molar-refractivity contribution is 5.80. The van der Waals surface area contributed by atoms with Crippen LogP contribution in [-0.2, 0) is 19.0 Å². The van der Waals surface area contributed by atoms with E-state index in [1.807, 2.05) is 32.1 Å². The van der Waals surface area contributed by atoms with Crippen LogP contribution in [0.4, 0.5) is 0 Å². The third-order valence-corrected chi connectivity index (χ3v) is 6.54. The van der Waals surface area contributed by atoms with Crippen LogP contribution in [0.1, 0.15) is 39.5 Å². The summed E-state index contributed by atoms with van der Waals surface area (Å²) in [5.41, 5.74) is 0.794. The molecule has 0 spiro atoms. The third-order valence-electron chi connectivity index (χ3n) is 6.54. The van der Waals surface area contributed by atoms with E-state index in [0.29, 0.717) is 29.6 Å². The molecule has 0 aromatic heterocycles. The molecule has 0 bridgehead atoms. The Labute approximate surface area is 192 Å². The van der Waals surface area contributed by atoms with Gasteiger partial charge in [-0.3, -0.25) is 4.79 Å². The maximum atomic E-state index is 13.7. The standard InChI is InChI=1S/C26H39NO5/c1-8-9-10-11-17(2)24(28)18(3)27(4)26(29)21(14-19-12-13-19)20-15-22(30-5)25(32-7)23(16-20)31-6/h8-11,15,18-21,24,28H,1,12-14,16H2,2-7H3. The van der Waals surface area contributed by atoms with Gasteiger partial charge in [0.25, 0.3) is 0 Å². The van der Waals surface area contributed by atoms with Gasteiger partial charge in [0.2, 0.25) is 5.91 Å². The summed E-state index contributed by atoms with van der Waals surface area (Å²) in [7, 11) is 6.58. The predicted octanol–water partition coefficient (Wildman–Crippen LogP) is 4.35. The van der Waals surface area contributed by atoms with Gasteiger partial charge in [-0.2, -0.15) is 0 Å². The van der Waals surface area contributed by atoms with Crippen molar-refractivity contribution in [3.63, 3.8) is 0 Å². The topological polar surface area (TPSA) is 68.2 Å². The van der Waals surface area contributed by atoms with Crippen LogP contribution in [0.2, 0.25) is 0 Å². The summed E-state index contributed by atoms with van der Waals surface area (Å²) in [6.45, 7) is 7.40. The van der Waals surface area contributed by atoms with Crippen LogP contribution >= 0.6 is 0 Å². The quantitative estimate of drug-likeness (QED) is 0.452. The van der Waals surface area contributed by atoms with E-state index in [9.17, 15) is 9.90 Å². The summed E-state index contributed by atoms with van der Waals surface area (Å²) in [4.78, 5) is 15.4. The van der Waals surface area contributed by atoms with Crippen molar-refractivity contribution in [3.8, 4) is 0 Å². The molecule has 32 heavy (non-hydrogen) atoms. The fraction of sp³-hybridized carbons (Fsp3) is 0.577. The number of rotatable bonds is 12. The van der Waals surface area contributed by atoms with Crippen LogP contribution in [0, 0.1) is 17.8 Å². The molecule has 1 fully saturated rings. The maximum absolute atomic E-state index is 13.7.